The maximum absolute atomic E-state index is 11.2. The number of halogens is 1. The highest BCUT2D eigenvalue weighted by molar-refractivity contribution is 7.20. The average Bonchev–Trinajstić information content (AvgIpc) is 2.59. The third-order valence-electron chi connectivity index (χ3n) is 1.71. The molecule has 0 saturated heterocycles. The molecule has 0 atom stereocenters. The number of hydrogen-bond donors (Lipinski definition) is 0. The molecule has 1 heterocycles. The highest BCUT2D eigenvalue weighted by atomic mass is 35.5. The Kier molecular flexibility index (Phi) is 2.39. The van der Waals surface area contributed by atoms with Crippen molar-refractivity contribution in [1.82, 2.24) is 4.98 Å². The molecule has 3 nitrogen and oxygen atoms in total. The smallest absolute Gasteiger partial charge is 0.367 e. The van der Waals surface area contributed by atoms with Crippen LogP contribution in [0.5, 0.6) is 0 Å². The molecule has 72 valence electrons. The van der Waals surface area contributed by atoms with E-state index in [1.54, 1.807) is 18.2 Å². The number of carbonyl (C=O) groups excluding carboxylic acids is 1. The summed E-state index contributed by atoms with van der Waals surface area (Å²) in [6.07, 6.45) is 0. The molecule has 0 unspecified atom stereocenters. The van der Waals surface area contributed by atoms with Gasteiger partial charge in [0, 0.05) is 5.02 Å². The number of aromatic nitrogens is 1. The quantitative estimate of drug-likeness (QED) is 0.704. The lowest BCUT2D eigenvalue weighted by Crippen LogP contribution is -1.99. The minimum atomic E-state index is -0.415. The van der Waals surface area contributed by atoms with Crippen molar-refractivity contribution in [1.29, 1.82) is 0 Å². The van der Waals surface area contributed by atoms with E-state index in [4.69, 9.17) is 11.6 Å². The zero-order valence-corrected chi connectivity index (χ0v) is 8.85. The molecule has 0 amide bonds. The monoisotopic (exact) mass is 227 g/mol. The van der Waals surface area contributed by atoms with Crippen molar-refractivity contribution in [3.05, 3.63) is 28.2 Å². The van der Waals surface area contributed by atoms with Crippen molar-refractivity contribution >= 4 is 39.1 Å². The van der Waals surface area contributed by atoms with Gasteiger partial charge in [-0.3, -0.25) is 0 Å². The highest BCUT2D eigenvalue weighted by Crippen LogP contribution is 2.25. The maximum atomic E-state index is 11.2. The minimum absolute atomic E-state index is 0.352. The summed E-state index contributed by atoms with van der Waals surface area (Å²) in [7, 11) is 1.33. The fraction of sp³-hybridized carbons (Fsp3) is 0.111. The van der Waals surface area contributed by atoms with E-state index >= 15 is 0 Å². The first kappa shape index (κ1) is 9.43. The summed E-state index contributed by atoms with van der Waals surface area (Å²) in [6.45, 7) is 0. The van der Waals surface area contributed by atoms with E-state index in [2.05, 4.69) is 9.72 Å². The molecule has 2 aromatic rings. The summed E-state index contributed by atoms with van der Waals surface area (Å²) in [6, 6.07) is 5.30. The number of nitrogens with zero attached hydrogens (tertiary/aromatic N) is 1. The van der Waals surface area contributed by atoms with Crippen molar-refractivity contribution < 1.29 is 9.53 Å². The van der Waals surface area contributed by atoms with E-state index in [0.29, 0.717) is 10.0 Å². The zero-order chi connectivity index (χ0) is 10.1. The standard InChI is InChI=1S/C9H6ClNO2S/c1-13-9(12)8-11-6-3-2-5(10)4-7(6)14-8/h2-4H,1H3. The number of benzene rings is 1. The number of thiazole rings is 1. The lowest BCUT2D eigenvalue weighted by Gasteiger charge is -1.89. The van der Waals surface area contributed by atoms with E-state index < -0.39 is 5.97 Å². The maximum Gasteiger partial charge on any atom is 0.367 e. The number of esters is 1. The van der Waals surface area contributed by atoms with Crippen LogP contribution in [0.3, 0.4) is 0 Å². The largest absolute Gasteiger partial charge is 0.464 e. The number of carbonyl (C=O) groups is 1. The molecule has 0 aliphatic carbocycles. The van der Waals surface area contributed by atoms with E-state index in [1.165, 1.54) is 18.4 Å². The Labute approximate surface area is 89.3 Å². The van der Waals surface area contributed by atoms with Crippen LogP contribution in [0.25, 0.3) is 10.2 Å². The summed E-state index contributed by atoms with van der Waals surface area (Å²) in [4.78, 5) is 15.3. The summed E-state index contributed by atoms with van der Waals surface area (Å²) in [5.41, 5.74) is 0.764. The van der Waals surface area contributed by atoms with Gasteiger partial charge in [-0.25, -0.2) is 9.78 Å². The van der Waals surface area contributed by atoms with Gasteiger partial charge in [0.05, 0.1) is 17.3 Å². The zero-order valence-electron chi connectivity index (χ0n) is 7.28. The van der Waals surface area contributed by atoms with Crippen LogP contribution < -0.4 is 0 Å². The van der Waals surface area contributed by atoms with Gasteiger partial charge in [-0.05, 0) is 18.2 Å². The Balaban J connectivity index is 2.56. The molecule has 1 aromatic carbocycles. The topological polar surface area (TPSA) is 39.2 Å². The predicted molar refractivity (Wildman–Crippen MR) is 56.0 cm³/mol. The van der Waals surface area contributed by atoms with Crippen molar-refractivity contribution in [2.24, 2.45) is 0 Å². The third-order valence-corrected chi connectivity index (χ3v) is 2.94. The second-order valence-corrected chi connectivity index (χ2v) is 4.09. The third kappa shape index (κ3) is 1.58. The van der Waals surface area contributed by atoms with E-state index in [9.17, 15) is 4.79 Å². The van der Waals surface area contributed by atoms with Gasteiger partial charge >= 0.3 is 5.97 Å². The number of hydrogen-bond acceptors (Lipinski definition) is 4. The van der Waals surface area contributed by atoms with E-state index in [-0.39, 0.29) is 0 Å². The number of rotatable bonds is 1. The van der Waals surface area contributed by atoms with Crippen LogP contribution in [0.15, 0.2) is 18.2 Å². The molecular weight excluding hydrogens is 222 g/mol. The van der Waals surface area contributed by atoms with Gasteiger partial charge in [0.2, 0.25) is 5.01 Å². The predicted octanol–water partition coefficient (Wildman–Crippen LogP) is 2.74. The normalized spacial score (nSPS) is 10.4. The number of methoxy groups -OCH3 is 1. The number of fused-ring (bicyclic) bond motifs is 1. The first-order valence-corrected chi connectivity index (χ1v) is 5.04. The van der Waals surface area contributed by atoms with Crippen LogP contribution in [0.1, 0.15) is 9.80 Å². The Morgan fingerprint density at radius 3 is 3.07 bits per heavy atom. The Morgan fingerprint density at radius 2 is 2.36 bits per heavy atom. The molecule has 5 heteroatoms. The Hall–Kier alpha value is -1.13. The van der Waals surface area contributed by atoms with Gasteiger partial charge < -0.3 is 4.74 Å². The summed E-state index contributed by atoms with van der Waals surface area (Å²) < 4.78 is 5.46. The van der Waals surface area contributed by atoms with E-state index in [0.717, 1.165) is 10.2 Å². The van der Waals surface area contributed by atoms with Crippen molar-refractivity contribution in [2.75, 3.05) is 7.11 Å². The van der Waals surface area contributed by atoms with E-state index in [1.807, 2.05) is 0 Å². The van der Waals surface area contributed by atoms with Gasteiger partial charge in [0.25, 0.3) is 0 Å². The van der Waals surface area contributed by atoms with Gasteiger partial charge in [-0.2, -0.15) is 0 Å². The molecule has 0 aliphatic rings. The highest BCUT2D eigenvalue weighted by Gasteiger charge is 2.11. The lowest BCUT2D eigenvalue weighted by atomic mass is 10.3. The molecule has 2 rings (SSSR count). The summed E-state index contributed by atoms with van der Waals surface area (Å²) in [5.74, 6) is -0.415. The van der Waals surface area contributed by atoms with Gasteiger partial charge in [0.1, 0.15) is 0 Å². The second-order valence-electron chi connectivity index (χ2n) is 2.62. The van der Waals surface area contributed by atoms with Crippen LogP contribution in [0.2, 0.25) is 5.02 Å². The van der Waals surface area contributed by atoms with Crippen LogP contribution >= 0.6 is 22.9 Å². The average molecular weight is 228 g/mol. The second kappa shape index (κ2) is 3.55. The lowest BCUT2D eigenvalue weighted by molar-refractivity contribution is 0.0600. The molecule has 0 radical (unpaired) electrons. The molecule has 0 bridgehead atoms. The van der Waals surface area contributed by atoms with Gasteiger partial charge in [0.15, 0.2) is 0 Å². The molecular formula is C9H6ClNO2S. The first-order chi connectivity index (χ1) is 6.70. The fourth-order valence-corrected chi connectivity index (χ4v) is 2.23. The summed E-state index contributed by atoms with van der Waals surface area (Å²) in [5, 5.41) is 0.988. The molecule has 0 fully saturated rings. The molecule has 0 aliphatic heterocycles. The van der Waals surface area contributed by atoms with Crippen LogP contribution in [-0.4, -0.2) is 18.1 Å². The Bertz CT molecular complexity index is 495. The molecule has 0 N–H and O–H groups in total. The summed E-state index contributed by atoms with van der Waals surface area (Å²) >= 11 is 7.08. The van der Waals surface area contributed by atoms with Crippen LogP contribution in [0, 0.1) is 0 Å². The molecule has 0 saturated carbocycles. The molecule has 14 heavy (non-hydrogen) atoms. The minimum Gasteiger partial charge on any atom is -0.464 e. The first-order valence-electron chi connectivity index (χ1n) is 3.85. The molecule has 1 aromatic heterocycles. The molecule has 0 spiro atoms. The van der Waals surface area contributed by atoms with Crippen molar-refractivity contribution in [2.45, 2.75) is 0 Å². The van der Waals surface area contributed by atoms with Crippen LogP contribution in [0.4, 0.5) is 0 Å². The SMILES string of the molecule is COC(=O)c1nc2ccc(Cl)cc2s1. The van der Waals surface area contributed by atoms with Crippen molar-refractivity contribution in [3.8, 4) is 0 Å². The fourth-order valence-electron chi connectivity index (χ4n) is 1.07. The van der Waals surface area contributed by atoms with Crippen molar-refractivity contribution in [3.63, 3.8) is 0 Å². The van der Waals surface area contributed by atoms with Gasteiger partial charge in [-0.15, -0.1) is 11.3 Å². The Morgan fingerprint density at radius 1 is 1.57 bits per heavy atom. The van der Waals surface area contributed by atoms with Gasteiger partial charge in [-0.1, -0.05) is 11.6 Å². The number of ether oxygens (including phenoxy) is 1. The van der Waals surface area contributed by atoms with Crippen LogP contribution in [-0.2, 0) is 4.74 Å².